The van der Waals surface area contributed by atoms with Gasteiger partial charge in [-0.05, 0) is 56.9 Å². The summed E-state index contributed by atoms with van der Waals surface area (Å²) < 4.78 is 0. The van der Waals surface area contributed by atoms with Crippen LogP contribution in [-0.4, -0.2) is 54.6 Å². The normalized spacial score (nSPS) is 26.9. The Labute approximate surface area is 142 Å². The van der Waals surface area contributed by atoms with Crippen LogP contribution in [-0.2, 0) is 0 Å². The molecule has 0 aromatic heterocycles. The Hall–Kier alpha value is -0.770. The molecule has 1 spiro atoms. The second-order valence-electron chi connectivity index (χ2n) is 8.06. The van der Waals surface area contributed by atoms with Crippen LogP contribution in [0.1, 0.15) is 71.1 Å². The lowest BCUT2D eigenvalue weighted by Crippen LogP contribution is -2.49. The minimum atomic E-state index is 0.202. The van der Waals surface area contributed by atoms with E-state index >= 15 is 0 Å². The fourth-order valence-corrected chi connectivity index (χ4v) is 4.92. The third kappa shape index (κ3) is 4.40. The van der Waals surface area contributed by atoms with E-state index in [4.69, 9.17) is 0 Å². The summed E-state index contributed by atoms with van der Waals surface area (Å²) in [6.07, 6.45) is 13.0. The quantitative estimate of drug-likeness (QED) is 0.843. The zero-order valence-corrected chi connectivity index (χ0v) is 15.0. The van der Waals surface area contributed by atoms with Gasteiger partial charge in [-0.2, -0.15) is 0 Å². The molecule has 0 aromatic rings. The van der Waals surface area contributed by atoms with Gasteiger partial charge in [0.15, 0.2) is 0 Å². The topological polar surface area (TPSA) is 35.6 Å². The van der Waals surface area contributed by atoms with E-state index in [9.17, 15) is 4.79 Å². The summed E-state index contributed by atoms with van der Waals surface area (Å²) in [5.41, 5.74) is 0.569. The van der Waals surface area contributed by atoms with Crippen molar-refractivity contribution in [1.29, 1.82) is 0 Å². The molecule has 3 rings (SSSR count). The number of likely N-dealkylation sites (tertiary alicyclic amines) is 2. The van der Waals surface area contributed by atoms with Gasteiger partial charge in [0.2, 0.25) is 0 Å². The maximum atomic E-state index is 12.6. The number of piperidine rings is 1. The van der Waals surface area contributed by atoms with E-state index in [0.717, 1.165) is 45.6 Å². The maximum Gasteiger partial charge on any atom is 0.317 e. The van der Waals surface area contributed by atoms with E-state index in [1.54, 1.807) is 0 Å². The highest BCUT2D eigenvalue weighted by molar-refractivity contribution is 5.74. The van der Waals surface area contributed by atoms with Crippen LogP contribution in [0.3, 0.4) is 0 Å². The largest absolute Gasteiger partial charge is 0.335 e. The summed E-state index contributed by atoms with van der Waals surface area (Å²) in [7, 11) is 0. The molecule has 0 unspecified atom stereocenters. The molecule has 23 heavy (non-hydrogen) atoms. The second-order valence-corrected chi connectivity index (χ2v) is 8.06. The van der Waals surface area contributed by atoms with E-state index < -0.39 is 0 Å². The van der Waals surface area contributed by atoms with Crippen molar-refractivity contribution < 1.29 is 4.79 Å². The lowest BCUT2D eigenvalue weighted by molar-refractivity contribution is 0.154. The van der Waals surface area contributed by atoms with Crippen molar-refractivity contribution in [3.63, 3.8) is 0 Å². The number of hydrogen-bond acceptors (Lipinski definition) is 2. The number of amides is 2. The van der Waals surface area contributed by atoms with Crippen molar-refractivity contribution >= 4 is 6.03 Å². The summed E-state index contributed by atoms with van der Waals surface area (Å²) in [6, 6.07) is 0.588. The molecule has 0 aromatic carbocycles. The summed E-state index contributed by atoms with van der Waals surface area (Å²) in [5.74, 6) is 0. The molecule has 132 valence electrons. The number of nitrogens with one attached hydrogen (secondary N) is 1. The maximum absolute atomic E-state index is 12.6. The Kier molecular flexibility index (Phi) is 5.84. The molecular formula is C19H35N3O. The van der Waals surface area contributed by atoms with Gasteiger partial charge < -0.3 is 15.1 Å². The van der Waals surface area contributed by atoms with Gasteiger partial charge in [0, 0.05) is 32.2 Å². The molecule has 3 aliphatic rings. The van der Waals surface area contributed by atoms with Crippen LogP contribution in [0.15, 0.2) is 0 Å². The summed E-state index contributed by atoms with van der Waals surface area (Å²) in [6.45, 7) is 7.54. The molecule has 2 amide bonds. The monoisotopic (exact) mass is 321 g/mol. The van der Waals surface area contributed by atoms with Gasteiger partial charge in [-0.25, -0.2) is 4.79 Å². The van der Waals surface area contributed by atoms with Crippen molar-refractivity contribution in [3.8, 4) is 0 Å². The van der Waals surface area contributed by atoms with Gasteiger partial charge in [0.25, 0.3) is 0 Å². The number of hydrogen-bond donors (Lipinski definition) is 1. The van der Waals surface area contributed by atoms with Crippen LogP contribution in [0.4, 0.5) is 4.79 Å². The first-order chi connectivity index (χ1) is 11.2. The van der Waals surface area contributed by atoms with Crippen LogP contribution in [0.2, 0.25) is 0 Å². The van der Waals surface area contributed by atoms with Crippen LogP contribution < -0.4 is 5.32 Å². The van der Waals surface area contributed by atoms with E-state index in [2.05, 4.69) is 22.0 Å². The fraction of sp³-hybridized carbons (Fsp3) is 0.947. The van der Waals surface area contributed by atoms with E-state index in [1.165, 1.54) is 51.4 Å². The highest BCUT2D eigenvalue weighted by atomic mass is 16.2. The zero-order chi connectivity index (χ0) is 16.1. The molecule has 4 heteroatoms. The molecule has 0 atom stereocenters. The third-order valence-electron chi connectivity index (χ3n) is 6.61. The van der Waals surface area contributed by atoms with Gasteiger partial charge in [-0.1, -0.05) is 26.2 Å². The summed E-state index contributed by atoms with van der Waals surface area (Å²) in [4.78, 5) is 17.2. The number of carbonyl (C=O) groups is 1. The zero-order valence-electron chi connectivity index (χ0n) is 15.0. The lowest BCUT2D eigenvalue weighted by atomic mass is 9.69. The molecule has 2 aliphatic heterocycles. The van der Waals surface area contributed by atoms with E-state index in [0.29, 0.717) is 11.5 Å². The van der Waals surface area contributed by atoms with Gasteiger partial charge in [0.05, 0.1) is 0 Å². The fourth-order valence-electron chi connectivity index (χ4n) is 4.92. The van der Waals surface area contributed by atoms with Crippen LogP contribution in [0.5, 0.6) is 0 Å². The number of rotatable bonds is 2. The highest BCUT2D eigenvalue weighted by Gasteiger charge is 2.35. The van der Waals surface area contributed by atoms with Crippen molar-refractivity contribution in [2.75, 3.05) is 32.7 Å². The molecule has 0 bridgehead atoms. The molecule has 2 saturated heterocycles. The molecule has 4 nitrogen and oxygen atoms in total. The first kappa shape index (κ1) is 17.1. The Morgan fingerprint density at radius 1 is 0.957 bits per heavy atom. The predicted molar refractivity (Wildman–Crippen MR) is 94.6 cm³/mol. The molecule has 2 heterocycles. The minimum Gasteiger partial charge on any atom is -0.335 e. The standard InChI is InChI=1S/C19H35N3O/c1-2-21-14-7-17(8-15-21)20-18(23)22-13-6-11-19(12-16-22)9-4-3-5-10-19/h17H,2-16H2,1H3,(H,20,23). The van der Waals surface area contributed by atoms with Gasteiger partial charge in [-0.3, -0.25) is 0 Å². The molecule has 1 saturated carbocycles. The Morgan fingerprint density at radius 2 is 1.65 bits per heavy atom. The van der Waals surface area contributed by atoms with Crippen molar-refractivity contribution in [1.82, 2.24) is 15.1 Å². The molecule has 1 aliphatic carbocycles. The van der Waals surface area contributed by atoms with Crippen LogP contribution >= 0.6 is 0 Å². The Bertz CT molecular complexity index is 384. The Balaban J connectivity index is 1.46. The van der Waals surface area contributed by atoms with Crippen LogP contribution in [0.25, 0.3) is 0 Å². The molecular weight excluding hydrogens is 286 g/mol. The summed E-state index contributed by atoms with van der Waals surface area (Å²) in [5, 5.41) is 3.31. The van der Waals surface area contributed by atoms with Gasteiger partial charge in [-0.15, -0.1) is 0 Å². The van der Waals surface area contributed by atoms with Gasteiger partial charge in [0.1, 0.15) is 0 Å². The summed E-state index contributed by atoms with van der Waals surface area (Å²) >= 11 is 0. The van der Waals surface area contributed by atoms with E-state index in [1.807, 2.05) is 0 Å². The van der Waals surface area contributed by atoms with E-state index in [-0.39, 0.29) is 6.03 Å². The number of nitrogens with zero attached hydrogens (tertiary/aromatic N) is 2. The average molecular weight is 322 g/mol. The molecule has 1 N–H and O–H groups in total. The van der Waals surface area contributed by atoms with Crippen LogP contribution in [0, 0.1) is 5.41 Å². The Morgan fingerprint density at radius 3 is 2.35 bits per heavy atom. The van der Waals surface area contributed by atoms with Crippen molar-refractivity contribution in [3.05, 3.63) is 0 Å². The van der Waals surface area contributed by atoms with Crippen molar-refractivity contribution in [2.24, 2.45) is 5.41 Å². The third-order valence-corrected chi connectivity index (χ3v) is 6.61. The highest BCUT2D eigenvalue weighted by Crippen LogP contribution is 2.44. The molecule has 3 fully saturated rings. The average Bonchev–Trinajstić information content (AvgIpc) is 2.79. The molecule has 0 radical (unpaired) electrons. The number of urea groups is 1. The SMILES string of the molecule is CCN1CCC(NC(=O)N2CCCC3(CCCCC3)CC2)CC1. The smallest absolute Gasteiger partial charge is 0.317 e. The van der Waals surface area contributed by atoms with Crippen molar-refractivity contribution in [2.45, 2.75) is 77.2 Å². The predicted octanol–water partition coefficient (Wildman–Crippen LogP) is 3.62. The lowest BCUT2D eigenvalue weighted by Gasteiger charge is -2.36. The minimum absolute atomic E-state index is 0.202. The first-order valence-corrected chi connectivity index (χ1v) is 9.99. The second kappa shape index (κ2) is 7.87. The number of carbonyl (C=O) groups excluding carboxylic acids is 1. The van der Waals surface area contributed by atoms with Gasteiger partial charge >= 0.3 is 6.03 Å². The first-order valence-electron chi connectivity index (χ1n) is 9.99.